The molecule has 0 unspecified atom stereocenters. The van der Waals surface area contributed by atoms with Crippen LogP contribution in [0, 0.1) is 12.8 Å². The number of piperidine rings is 1. The molecule has 8 nitrogen and oxygen atoms in total. The van der Waals surface area contributed by atoms with Crippen LogP contribution in [0.5, 0.6) is 0 Å². The van der Waals surface area contributed by atoms with Gasteiger partial charge in [0.25, 0.3) is 5.91 Å². The Morgan fingerprint density at radius 2 is 1.35 bits per heavy atom. The van der Waals surface area contributed by atoms with Crippen molar-refractivity contribution in [1.29, 1.82) is 0 Å². The van der Waals surface area contributed by atoms with Crippen molar-refractivity contribution in [3.05, 3.63) is 137 Å². The first-order valence-corrected chi connectivity index (χ1v) is 17.2. The standard InChI is InChI=1S/C22H18N2OS.C11H10.C7H13N3O2/c23-22(25)20-21(17-7-2-1-3-8-17)26-19(24-20)13-11-15-10-12-16-6-4-5-9-18(16)14-15;1-9-6-7-10-4-2-3-5-11(10)8-9;8-7(12)10-6(11)5-1-3-9-4-2-5/h1-10,12,14H,11,13H2,(H2,23,25);2-8H,1H3;5,9H,1-4H2,(H3,8,10,11,12). The number of imide groups is 1. The van der Waals surface area contributed by atoms with Gasteiger partial charge in [-0.1, -0.05) is 121 Å². The number of nitrogens with zero attached hydrogens (tertiary/aromatic N) is 1. The lowest BCUT2D eigenvalue weighted by molar-refractivity contribution is -0.124. The molecule has 1 aliphatic rings. The minimum absolute atomic E-state index is 0.0567. The van der Waals surface area contributed by atoms with Crippen LogP contribution in [-0.4, -0.2) is 35.9 Å². The first-order chi connectivity index (χ1) is 23.8. The van der Waals surface area contributed by atoms with E-state index in [1.807, 2.05) is 36.4 Å². The molecule has 1 aromatic heterocycles. The van der Waals surface area contributed by atoms with Crippen LogP contribution < -0.4 is 22.1 Å². The molecule has 2 heterocycles. The van der Waals surface area contributed by atoms with Gasteiger partial charge in [-0.15, -0.1) is 11.3 Å². The van der Waals surface area contributed by atoms with Crippen LogP contribution in [0.2, 0.25) is 0 Å². The maximum absolute atomic E-state index is 11.8. The highest BCUT2D eigenvalue weighted by atomic mass is 32.1. The fraction of sp³-hybridized carbons (Fsp3) is 0.200. The quantitative estimate of drug-likeness (QED) is 0.149. The number of carbonyl (C=O) groups is 3. The predicted octanol–water partition coefficient (Wildman–Crippen LogP) is 7.18. The lowest BCUT2D eigenvalue weighted by Crippen LogP contribution is -2.42. The predicted molar refractivity (Wildman–Crippen MR) is 199 cm³/mol. The van der Waals surface area contributed by atoms with Crippen molar-refractivity contribution in [2.45, 2.75) is 32.6 Å². The normalized spacial score (nSPS) is 12.7. The minimum atomic E-state index is -0.765. The molecule has 250 valence electrons. The van der Waals surface area contributed by atoms with Gasteiger partial charge in [0.1, 0.15) is 5.69 Å². The highest BCUT2D eigenvalue weighted by Gasteiger charge is 2.21. The molecule has 1 saturated heterocycles. The van der Waals surface area contributed by atoms with Gasteiger partial charge in [-0.3, -0.25) is 14.9 Å². The van der Waals surface area contributed by atoms with Crippen LogP contribution in [0.25, 0.3) is 32.0 Å². The second kappa shape index (κ2) is 17.1. The highest BCUT2D eigenvalue weighted by Crippen LogP contribution is 2.31. The number of benzene rings is 5. The van der Waals surface area contributed by atoms with Crippen molar-refractivity contribution in [2.75, 3.05) is 13.1 Å². The zero-order valence-corrected chi connectivity index (χ0v) is 28.3. The number of nitrogens with two attached hydrogens (primary N) is 2. The van der Waals surface area contributed by atoms with E-state index in [4.69, 9.17) is 11.5 Å². The third-order valence-electron chi connectivity index (χ3n) is 8.24. The summed E-state index contributed by atoms with van der Waals surface area (Å²) in [6, 6.07) is 38.8. The van der Waals surface area contributed by atoms with Crippen LogP contribution in [-0.2, 0) is 17.6 Å². The van der Waals surface area contributed by atoms with Gasteiger partial charge in [0, 0.05) is 12.3 Å². The number of primary amides is 2. The smallest absolute Gasteiger partial charge is 0.318 e. The number of aromatic nitrogens is 1. The monoisotopic (exact) mass is 671 g/mol. The summed E-state index contributed by atoms with van der Waals surface area (Å²) < 4.78 is 0. The Bertz CT molecular complexity index is 2040. The highest BCUT2D eigenvalue weighted by molar-refractivity contribution is 7.15. The van der Waals surface area contributed by atoms with E-state index in [0.29, 0.717) is 5.69 Å². The number of amides is 4. The number of thiazole rings is 1. The van der Waals surface area contributed by atoms with Gasteiger partial charge in [-0.25, -0.2) is 9.78 Å². The van der Waals surface area contributed by atoms with Crippen molar-refractivity contribution in [3.8, 4) is 10.4 Å². The second-order valence-corrected chi connectivity index (χ2v) is 13.0. The van der Waals surface area contributed by atoms with Gasteiger partial charge in [0.15, 0.2) is 0 Å². The van der Waals surface area contributed by atoms with E-state index in [-0.39, 0.29) is 11.8 Å². The van der Waals surface area contributed by atoms with E-state index >= 15 is 0 Å². The van der Waals surface area contributed by atoms with Crippen molar-refractivity contribution in [3.63, 3.8) is 0 Å². The topological polar surface area (TPSA) is 140 Å². The zero-order chi connectivity index (χ0) is 34.6. The maximum Gasteiger partial charge on any atom is 0.318 e. The fourth-order valence-corrected chi connectivity index (χ4v) is 6.76. The Kier molecular flexibility index (Phi) is 12.2. The van der Waals surface area contributed by atoms with Crippen LogP contribution in [0.1, 0.15) is 39.5 Å². The Balaban J connectivity index is 0.000000168. The van der Waals surface area contributed by atoms with Crippen molar-refractivity contribution >= 4 is 50.7 Å². The number of aryl methyl sites for hydroxylation is 3. The number of nitrogens with one attached hydrogen (secondary N) is 2. The molecule has 49 heavy (non-hydrogen) atoms. The van der Waals surface area contributed by atoms with E-state index in [1.165, 1.54) is 32.7 Å². The largest absolute Gasteiger partial charge is 0.364 e. The summed E-state index contributed by atoms with van der Waals surface area (Å²) in [5, 5.41) is 11.3. The van der Waals surface area contributed by atoms with Crippen molar-refractivity contribution < 1.29 is 14.4 Å². The molecule has 0 bridgehead atoms. The summed E-state index contributed by atoms with van der Waals surface area (Å²) in [4.78, 5) is 38.7. The molecule has 4 amide bonds. The first-order valence-electron chi connectivity index (χ1n) is 16.4. The van der Waals surface area contributed by atoms with Gasteiger partial charge in [-0.2, -0.15) is 0 Å². The number of carbonyl (C=O) groups excluding carboxylic acids is 3. The number of urea groups is 1. The van der Waals surface area contributed by atoms with E-state index in [2.05, 4.69) is 101 Å². The van der Waals surface area contributed by atoms with Crippen LogP contribution in [0.15, 0.2) is 115 Å². The number of hydrogen-bond donors (Lipinski definition) is 4. The first kappa shape index (κ1) is 34.9. The third kappa shape index (κ3) is 10.1. The lowest BCUT2D eigenvalue weighted by atomic mass is 9.97. The fourth-order valence-electron chi connectivity index (χ4n) is 5.69. The lowest BCUT2D eigenvalue weighted by Gasteiger charge is -2.20. The summed E-state index contributed by atoms with van der Waals surface area (Å²) in [5.41, 5.74) is 14.3. The van der Waals surface area contributed by atoms with E-state index in [9.17, 15) is 14.4 Å². The van der Waals surface area contributed by atoms with Crippen LogP contribution in [0.3, 0.4) is 0 Å². The van der Waals surface area contributed by atoms with Gasteiger partial charge in [0.05, 0.1) is 9.88 Å². The molecular weight excluding hydrogens is 631 g/mol. The van der Waals surface area contributed by atoms with Crippen molar-refractivity contribution in [1.82, 2.24) is 15.6 Å². The minimum Gasteiger partial charge on any atom is -0.364 e. The molecule has 6 N–H and O–H groups in total. The molecule has 6 aromatic rings. The Hall–Kier alpha value is -5.38. The Labute approximate surface area is 290 Å². The van der Waals surface area contributed by atoms with Gasteiger partial charge in [0.2, 0.25) is 5.91 Å². The molecular formula is C40H41N5O3S. The van der Waals surface area contributed by atoms with Crippen molar-refractivity contribution in [2.24, 2.45) is 17.4 Å². The molecule has 5 aromatic carbocycles. The number of fused-ring (bicyclic) bond motifs is 2. The van der Waals surface area contributed by atoms with Crippen LogP contribution >= 0.6 is 11.3 Å². The maximum atomic E-state index is 11.8. The molecule has 0 radical (unpaired) electrons. The van der Waals surface area contributed by atoms with E-state index in [1.54, 1.807) is 11.3 Å². The Morgan fingerprint density at radius 1 is 0.755 bits per heavy atom. The average molecular weight is 672 g/mol. The second-order valence-electron chi connectivity index (χ2n) is 11.9. The molecule has 1 fully saturated rings. The molecule has 0 aliphatic carbocycles. The molecule has 0 spiro atoms. The average Bonchev–Trinajstić information content (AvgIpc) is 3.57. The molecule has 7 rings (SSSR count). The zero-order valence-electron chi connectivity index (χ0n) is 27.5. The van der Waals surface area contributed by atoms with E-state index in [0.717, 1.165) is 54.2 Å². The summed E-state index contributed by atoms with van der Waals surface area (Å²) in [6.45, 7) is 3.78. The molecule has 9 heteroatoms. The number of rotatable bonds is 6. The SMILES string of the molecule is Cc1ccc2ccccc2c1.NC(=O)NC(=O)C1CCNCC1.NC(=O)c1nc(CCc2ccc3ccccc3c2)sc1-c1ccccc1. The molecule has 0 saturated carbocycles. The number of hydrogen-bond acceptors (Lipinski definition) is 6. The van der Waals surface area contributed by atoms with Gasteiger partial charge in [-0.05, 0) is 71.9 Å². The molecule has 1 aliphatic heterocycles. The summed E-state index contributed by atoms with van der Waals surface area (Å²) in [6.07, 6.45) is 3.22. The third-order valence-corrected chi connectivity index (χ3v) is 9.41. The van der Waals surface area contributed by atoms with E-state index < -0.39 is 11.9 Å². The molecule has 0 atom stereocenters. The van der Waals surface area contributed by atoms with Crippen LogP contribution in [0.4, 0.5) is 4.79 Å². The van der Waals surface area contributed by atoms with Gasteiger partial charge >= 0.3 is 6.03 Å². The summed E-state index contributed by atoms with van der Waals surface area (Å²) in [7, 11) is 0. The Morgan fingerprint density at radius 3 is 1.98 bits per heavy atom. The summed E-state index contributed by atoms with van der Waals surface area (Å²) >= 11 is 1.55. The van der Waals surface area contributed by atoms with Gasteiger partial charge < -0.3 is 16.8 Å². The summed E-state index contributed by atoms with van der Waals surface area (Å²) in [5.74, 6) is -0.778.